The van der Waals surface area contributed by atoms with Crippen LogP contribution in [0.5, 0.6) is 0 Å². The molecule has 34 heavy (non-hydrogen) atoms. The molecule has 1 saturated carbocycles. The van der Waals surface area contributed by atoms with E-state index in [0.717, 1.165) is 42.7 Å². The first-order chi connectivity index (χ1) is 16.0. The summed E-state index contributed by atoms with van der Waals surface area (Å²) in [6, 6.07) is 8.56. The number of carbonyl (C=O) groups is 2. The van der Waals surface area contributed by atoms with E-state index in [2.05, 4.69) is 22.1 Å². The van der Waals surface area contributed by atoms with E-state index in [9.17, 15) is 9.59 Å². The van der Waals surface area contributed by atoms with Gasteiger partial charge in [-0.05, 0) is 65.4 Å². The highest BCUT2D eigenvalue weighted by atomic mass is 16.6. The summed E-state index contributed by atoms with van der Waals surface area (Å²) in [6.45, 7) is 12.3. The third-order valence-corrected chi connectivity index (χ3v) is 7.33. The van der Waals surface area contributed by atoms with Crippen LogP contribution in [0, 0.1) is 17.8 Å². The van der Waals surface area contributed by atoms with Gasteiger partial charge in [-0.15, -0.1) is 0 Å². The van der Waals surface area contributed by atoms with E-state index in [4.69, 9.17) is 14.6 Å². The van der Waals surface area contributed by atoms with Crippen LogP contribution in [0.3, 0.4) is 0 Å². The molecule has 1 N–H and O–H groups in total. The van der Waals surface area contributed by atoms with Gasteiger partial charge in [0.1, 0.15) is 5.60 Å². The highest BCUT2D eigenvalue weighted by molar-refractivity contribution is 5.87. The summed E-state index contributed by atoms with van der Waals surface area (Å²) in [5, 5.41) is 9.39. The second kappa shape index (κ2) is 8.26. The van der Waals surface area contributed by atoms with Crippen LogP contribution in [-0.4, -0.2) is 58.6 Å². The van der Waals surface area contributed by atoms with Crippen LogP contribution in [0.4, 0.5) is 4.79 Å². The van der Waals surface area contributed by atoms with Gasteiger partial charge in [-0.25, -0.2) is 4.79 Å². The second-order valence-electron chi connectivity index (χ2n) is 11.5. The largest absolute Gasteiger partial charge is 0.444 e. The highest BCUT2D eigenvalue weighted by Crippen LogP contribution is 2.52. The number of aromatic nitrogens is 2. The molecule has 1 aromatic carbocycles. The first-order valence-corrected chi connectivity index (χ1v) is 12.4. The van der Waals surface area contributed by atoms with Crippen LogP contribution in [0.2, 0.25) is 0 Å². The molecule has 0 radical (unpaired) electrons. The lowest BCUT2D eigenvalue weighted by atomic mass is 9.96. The molecule has 3 heterocycles. The molecule has 184 valence electrons. The van der Waals surface area contributed by atoms with Gasteiger partial charge in [0.25, 0.3) is 0 Å². The predicted octanol–water partition coefficient (Wildman–Crippen LogP) is 3.85. The topological polar surface area (TPSA) is 85.7 Å². The van der Waals surface area contributed by atoms with Gasteiger partial charge >= 0.3 is 6.09 Å². The number of hydrogen-bond donors (Lipinski definition) is 1. The van der Waals surface area contributed by atoms with Crippen molar-refractivity contribution < 1.29 is 19.1 Å². The van der Waals surface area contributed by atoms with Gasteiger partial charge < -0.3 is 19.7 Å². The molecule has 2 aliphatic heterocycles. The number of carbonyl (C=O) groups excluding carboxylic acids is 2. The molecule has 5 rings (SSSR count). The number of hydrogen-bond acceptors (Lipinski definition) is 5. The van der Waals surface area contributed by atoms with E-state index in [1.807, 2.05) is 46.8 Å². The number of benzene rings is 1. The molecule has 3 atom stereocenters. The SMILES string of the molecule is CC(C)(C)OC(=O)N1C[C@@H]2[C@H](C1)[C@H]2C(=O)NC(C)(C)c1nn(C2CCOCC2)c2ccccc12. The zero-order valence-electron chi connectivity index (χ0n) is 20.8. The van der Waals surface area contributed by atoms with Crippen molar-refractivity contribution in [2.75, 3.05) is 26.3 Å². The van der Waals surface area contributed by atoms with E-state index >= 15 is 0 Å². The fourth-order valence-corrected chi connectivity index (χ4v) is 5.60. The number of nitrogens with one attached hydrogen (secondary N) is 1. The molecule has 8 nitrogen and oxygen atoms in total. The average Bonchev–Trinajstić information content (AvgIpc) is 3.09. The summed E-state index contributed by atoms with van der Waals surface area (Å²) in [5.41, 5.74) is 0.864. The number of nitrogens with zero attached hydrogens (tertiary/aromatic N) is 3. The molecule has 2 aromatic rings. The lowest BCUT2D eigenvalue weighted by molar-refractivity contribution is -0.125. The predicted molar refractivity (Wildman–Crippen MR) is 128 cm³/mol. The van der Waals surface area contributed by atoms with Crippen LogP contribution in [0.1, 0.15) is 59.2 Å². The Morgan fingerprint density at radius 3 is 2.35 bits per heavy atom. The summed E-state index contributed by atoms with van der Waals surface area (Å²) < 4.78 is 13.2. The first-order valence-electron chi connectivity index (χ1n) is 12.4. The van der Waals surface area contributed by atoms with Gasteiger partial charge in [-0.3, -0.25) is 9.48 Å². The molecule has 1 aliphatic carbocycles. The molecule has 1 aromatic heterocycles. The van der Waals surface area contributed by atoms with Crippen molar-refractivity contribution in [2.45, 2.75) is 64.6 Å². The lowest BCUT2D eigenvalue weighted by Gasteiger charge is -2.28. The number of piperidine rings is 1. The van der Waals surface area contributed by atoms with Gasteiger partial charge in [0.15, 0.2) is 0 Å². The fourth-order valence-electron chi connectivity index (χ4n) is 5.60. The average molecular weight is 469 g/mol. The Morgan fingerprint density at radius 2 is 1.71 bits per heavy atom. The van der Waals surface area contributed by atoms with Crippen molar-refractivity contribution in [3.63, 3.8) is 0 Å². The van der Waals surface area contributed by atoms with E-state index in [0.29, 0.717) is 19.1 Å². The molecule has 8 heteroatoms. The Hall–Kier alpha value is -2.61. The summed E-state index contributed by atoms with van der Waals surface area (Å²) in [6.07, 6.45) is 1.60. The zero-order chi connectivity index (χ0) is 24.3. The Bertz CT molecular complexity index is 1080. The van der Waals surface area contributed by atoms with Crippen LogP contribution >= 0.6 is 0 Å². The normalized spacial score (nSPS) is 25.3. The maximum atomic E-state index is 13.3. The van der Waals surface area contributed by atoms with E-state index in [-0.39, 0.29) is 29.8 Å². The maximum Gasteiger partial charge on any atom is 0.410 e. The Balaban J connectivity index is 1.28. The second-order valence-corrected chi connectivity index (χ2v) is 11.5. The highest BCUT2D eigenvalue weighted by Gasteiger charge is 2.61. The minimum atomic E-state index is -0.616. The molecule has 2 amide bonds. The fraction of sp³-hybridized carbons (Fsp3) is 0.654. The quantitative estimate of drug-likeness (QED) is 0.737. The molecule has 0 unspecified atom stereocenters. The molecule has 0 bridgehead atoms. The van der Waals surface area contributed by atoms with Crippen molar-refractivity contribution in [3.05, 3.63) is 30.0 Å². The Labute approximate surface area is 200 Å². The van der Waals surface area contributed by atoms with E-state index < -0.39 is 11.1 Å². The van der Waals surface area contributed by atoms with E-state index in [1.54, 1.807) is 4.90 Å². The summed E-state index contributed by atoms with van der Waals surface area (Å²) in [7, 11) is 0. The van der Waals surface area contributed by atoms with E-state index in [1.165, 1.54) is 0 Å². The molecule has 0 spiro atoms. The number of amides is 2. The minimum Gasteiger partial charge on any atom is -0.444 e. The smallest absolute Gasteiger partial charge is 0.410 e. The van der Waals surface area contributed by atoms with Gasteiger partial charge in [0.2, 0.25) is 5.91 Å². The van der Waals surface area contributed by atoms with Crippen molar-refractivity contribution in [1.82, 2.24) is 20.0 Å². The van der Waals surface area contributed by atoms with Gasteiger partial charge in [0, 0.05) is 37.6 Å². The maximum absolute atomic E-state index is 13.3. The molecular weight excluding hydrogens is 432 g/mol. The van der Waals surface area contributed by atoms with Crippen LogP contribution in [-0.2, 0) is 19.8 Å². The van der Waals surface area contributed by atoms with Gasteiger partial charge in [0.05, 0.1) is 22.8 Å². The van der Waals surface area contributed by atoms with Crippen molar-refractivity contribution in [1.29, 1.82) is 0 Å². The summed E-state index contributed by atoms with van der Waals surface area (Å²) >= 11 is 0. The number of fused-ring (bicyclic) bond motifs is 2. The van der Waals surface area contributed by atoms with Crippen molar-refractivity contribution in [2.24, 2.45) is 17.8 Å². The molecule has 3 aliphatic rings. The third-order valence-electron chi connectivity index (χ3n) is 7.33. The summed E-state index contributed by atoms with van der Waals surface area (Å²) in [5.74, 6) is 0.412. The minimum absolute atomic E-state index is 0.0496. The summed E-state index contributed by atoms with van der Waals surface area (Å²) in [4.78, 5) is 27.4. The van der Waals surface area contributed by atoms with Crippen LogP contribution in [0.15, 0.2) is 24.3 Å². The number of likely N-dealkylation sites (tertiary alicyclic amines) is 1. The van der Waals surface area contributed by atoms with Gasteiger partial charge in [-0.1, -0.05) is 18.2 Å². The lowest BCUT2D eigenvalue weighted by Crippen LogP contribution is -2.44. The first kappa shape index (κ1) is 23.1. The Kier molecular flexibility index (Phi) is 5.62. The number of ether oxygens (including phenoxy) is 2. The zero-order valence-corrected chi connectivity index (χ0v) is 20.8. The standard InChI is InChI=1S/C26H36N4O4/c1-25(2,3)34-24(32)29-14-18-19(15-29)21(18)23(31)27-26(4,5)22-17-8-6-7-9-20(17)30(28-22)16-10-12-33-13-11-16/h6-9,16,18-19,21H,10-15H2,1-5H3,(H,27,31)/t18-,19+,21+. The third kappa shape index (κ3) is 4.28. The van der Waals surface area contributed by atoms with Gasteiger partial charge in [-0.2, -0.15) is 5.10 Å². The molecular formula is C26H36N4O4. The number of rotatable bonds is 4. The molecule has 2 saturated heterocycles. The number of para-hydroxylation sites is 1. The van der Waals surface area contributed by atoms with Crippen molar-refractivity contribution >= 4 is 22.9 Å². The van der Waals surface area contributed by atoms with Crippen molar-refractivity contribution in [3.8, 4) is 0 Å². The van der Waals surface area contributed by atoms with Crippen LogP contribution in [0.25, 0.3) is 10.9 Å². The Morgan fingerprint density at radius 1 is 1.06 bits per heavy atom. The van der Waals surface area contributed by atoms with Crippen LogP contribution < -0.4 is 5.32 Å². The monoisotopic (exact) mass is 468 g/mol. The molecule has 3 fully saturated rings.